The van der Waals surface area contributed by atoms with Gasteiger partial charge in [-0.15, -0.1) is 0 Å². The predicted octanol–water partition coefficient (Wildman–Crippen LogP) is 2.12. The van der Waals surface area contributed by atoms with Gasteiger partial charge in [0.15, 0.2) is 0 Å². The van der Waals surface area contributed by atoms with Crippen LogP contribution in [0.4, 0.5) is 0 Å². The van der Waals surface area contributed by atoms with Crippen LogP contribution >= 0.6 is 0 Å². The summed E-state index contributed by atoms with van der Waals surface area (Å²) < 4.78 is 0. The minimum Gasteiger partial charge on any atom is -0.294 e. The van der Waals surface area contributed by atoms with E-state index in [1.165, 1.54) is 18.6 Å². The standard InChI is InChI=1S/C9H15N/c1-6(2)9-5-10-8-3-7(9)4-8/h6-7,9H,3-5H2,1-2H3. The van der Waals surface area contributed by atoms with E-state index >= 15 is 0 Å². The van der Waals surface area contributed by atoms with Gasteiger partial charge in [0.2, 0.25) is 0 Å². The molecule has 2 bridgehead atoms. The minimum absolute atomic E-state index is 0.843. The summed E-state index contributed by atoms with van der Waals surface area (Å²) in [5, 5.41) is 0. The van der Waals surface area contributed by atoms with Crippen LogP contribution in [-0.2, 0) is 0 Å². The Balaban J connectivity index is 2.07. The molecular formula is C9H15N. The molecule has 1 saturated carbocycles. The van der Waals surface area contributed by atoms with Crippen molar-refractivity contribution in [2.75, 3.05) is 6.54 Å². The van der Waals surface area contributed by atoms with Crippen LogP contribution in [0.2, 0.25) is 0 Å². The van der Waals surface area contributed by atoms with Crippen molar-refractivity contribution in [3.05, 3.63) is 0 Å². The van der Waals surface area contributed by atoms with Gasteiger partial charge in [-0.1, -0.05) is 13.8 Å². The quantitative estimate of drug-likeness (QED) is 0.525. The van der Waals surface area contributed by atoms with Crippen LogP contribution in [0.15, 0.2) is 4.99 Å². The molecule has 0 amide bonds. The lowest BCUT2D eigenvalue weighted by Crippen LogP contribution is -2.39. The lowest BCUT2D eigenvalue weighted by Gasteiger charge is -2.41. The molecule has 1 aliphatic carbocycles. The second-order valence-corrected chi connectivity index (χ2v) is 3.98. The molecule has 10 heavy (non-hydrogen) atoms. The largest absolute Gasteiger partial charge is 0.294 e. The Labute approximate surface area is 62.5 Å². The van der Waals surface area contributed by atoms with Gasteiger partial charge < -0.3 is 0 Å². The van der Waals surface area contributed by atoms with Gasteiger partial charge in [-0.05, 0) is 30.6 Å². The summed E-state index contributed by atoms with van der Waals surface area (Å²) in [5.41, 5.74) is 1.49. The summed E-state index contributed by atoms with van der Waals surface area (Å²) in [5.74, 6) is 2.75. The normalized spacial score (nSPS) is 37.3. The number of hydrogen-bond donors (Lipinski definition) is 0. The Morgan fingerprint density at radius 2 is 2.10 bits per heavy atom. The van der Waals surface area contributed by atoms with Crippen molar-refractivity contribution in [1.29, 1.82) is 0 Å². The van der Waals surface area contributed by atoms with Crippen molar-refractivity contribution in [3.8, 4) is 0 Å². The monoisotopic (exact) mass is 137 g/mol. The summed E-state index contributed by atoms with van der Waals surface area (Å²) in [7, 11) is 0. The third kappa shape index (κ3) is 0.799. The average molecular weight is 137 g/mol. The van der Waals surface area contributed by atoms with Crippen LogP contribution in [0, 0.1) is 17.8 Å². The predicted molar refractivity (Wildman–Crippen MR) is 43.4 cm³/mol. The Morgan fingerprint density at radius 3 is 2.40 bits per heavy atom. The number of aliphatic imine (C=N–C) groups is 1. The molecule has 0 spiro atoms. The molecule has 0 N–H and O–H groups in total. The zero-order valence-electron chi connectivity index (χ0n) is 6.80. The molecule has 1 fully saturated rings. The fraction of sp³-hybridized carbons (Fsp3) is 0.889. The maximum atomic E-state index is 4.52. The molecule has 3 aliphatic rings. The first kappa shape index (κ1) is 6.38. The highest BCUT2D eigenvalue weighted by atomic mass is 14.8. The van der Waals surface area contributed by atoms with Crippen LogP contribution in [0.5, 0.6) is 0 Å². The van der Waals surface area contributed by atoms with Crippen molar-refractivity contribution < 1.29 is 0 Å². The third-order valence-corrected chi connectivity index (χ3v) is 2.98. The highest BCUT2D eigenvalue weighted by Gasteiger charge is 2.36. The molecule has 2 heterocycles. The topological polar surface area (TPSA) is 12.4 Å². The van der Waals surface area contributed by atoms with Crippen molar-refractivity contribution in [1.82, 2.24) is 0 Å². The van der Waals surface area contributed by atoms with Gasteiger partial charge in [-0.3, -0.25) is 4.99 Å². The van der Waals surface area contributed by atoms with Gasteiger partial charge in [-0.2, -0.15) is 0 Å². The van der Waals surface area contributed by atoms with E-state index in [-0.39, 0.29) is 0 Å². The second-order valence-electron chi connectivity index (χ2n) is 3.98. The maximum absolute atomic E-state index is 4.52. The SMILES string of the molecule is CC(C)C1CN=C2CC1C2. The molecule has 0 radical (unpaired) electrons. The van der Waals surface area contributed by atoms with E-state index in [2.05, 4.69) is 18.8 Å². The zero-order valence-corrected chi connectivity index (χ0v) is 6.80. The van der Waals surface area contributed by atoms with Gasteiger partial charge in [-0.25, -0.2) is 0 Å². The molecule has 1 atom stereocenters. The molecule has 56 valence electrons. The molecule has 3 rings (SSSR count). The Morgan fingerprint density at radius 1 is 1.40 bits per heavy atom. The van der Waals surface area contributed by atoms with Crippen LogP contribution in [-0.4, -0.2) is 12.3 Å². The molecule has 2 aliphatic heterocycles. The van der Waals surface area contributed by atoms with Crippen LogP contribution in [0.3, 0.4) is 0 Å². The summed E-state index contributed by atoms with van der Waals surface area (Å²) >= 11 is 0. The van der Waals surface area contributed by atoms with Crippen molar-refractivity contribution in [2.24, 2.45) is 22.7 Å². The maximum Gasteiger partial charge on any atom is 0.0422 e. The molecular weight excluding hydrogens is 122 g/mol. The molecule has 1 heteroatoms. The number of fused-ring (bicyclic) bond motifs is 2. The third-order valence-electron chi connectivity index (χ3n) is 2.98. The highest BCUT2D eigenvalue weighted by molar-refractivity contribution is 5.91. The minimum atomic E-state index is 0.843. The van der Waals surface area contributed by atoms with Crippen molar-refractivity contribution >= 4 is 5.71 Å². The van der Waals surface area contributed by atoms with Crippen LogP contribution in [0.25, 0.3) is 0 Å². The number of hydrogen-bond acceptors (Lipinski definition) is 1. The first-order chi connectivity index (χ1) is 4.77. The highest BCUT2D eigenvalue weighted by Crippen LogP contribution is 2.39. The second kappa shape index (κ2) is 2.08. The molecule has 1 nitrogen and oxygen atoms in total. The van der Waals surface area contributed by atoms with E-state index in [1.807, 2.05) is 0 Å². The summed E-state index contributed by atoms with van der Waals surface area (Å²) in [6.07, 6.45) is 2.64. The van der Waals surface area contributed by atoms with E-state index in [1.54, 1.807) is 0 Å². The molecule has 0 aromatic heterocycles. The van der Waals surface area contributed by atoms with Crippen LogP contribution in [0.1, 0.15) is 26.7 Å². The van der Waals surface area contributed by atoms with E-state index in [4.69, 9.17) is 0 Å². The van der Waals surface area contributed by atoms with Gasteiger partial charge in [0.1, 0.15) is 0 Å². The summed E-state index contributed by atoms with van der Waals surface area (Å²) in [6, 6.07) is 0. The lowest BCUT2D eigenvalue weighted by molar-refractivity contribution is 0.228. The fourth-order valence-corrected chi connectivity index (χ4v) is 2.12. The molecule has 0 saturated heterocycles. The molecule has 1 unspecified atom stereocenters. The van der Waals surface area contributed by atoms with Crippen molar-refractivity contribution in [2.45, 2.75) is 26.7 Å². The van der Waals surface area contributed by atoms with E-state index in [9.17, 15) is 0 Å². The smallest absolute Gasteiger partial charge is 0.0422 e. The van der Waals surface area contributed by atoms with E-state index in [0.717, 1.165) is 24.3 Å². The number of nitrogens with zero attached hydrogens (tertiary/aromatic N) is 1. The van der Waals surface area contributed by atoms with Gasteiger partial charge in [0.25, 0.3) is 0 Å². The fourth-order valence-electron chi connectivity index (χ4n) is 2.12. The van der Waals surface area contributed by atoms with Gasteiger partial charge in [0, 0.05) is 12.3 Å². The number of rotatable bonds is 1. The van der Waals surface area contributed by atoms with E-state index < -0.39 is 0 Å². The Kier molecular flexibility index (Phi) is 1.33. The first-order valence-electron chi connectivity index (χ1n) is 4.29. The average Bonchev–Trinajstić information content (AvgIpc) is 1.86. The van der Waals surface area contributed by atoms with Crippen molar-refractivity contribution in [3.63, 3.8) is 0 Å². The summed E-state index contributed by atoms with van der Waals surface area (Å²) in [6.45, 7) is 5.77. The summed E-state index contributed by atoms with van der Waals surface area (Å²) in [4.78, 5) is 4.52. The van der Waals surface area contributed by atoms with Gasteiger partial charge in [0.05, 0.1) is 0 Å². The molecule has 0 aromatic carbocycles. The Hall–Kier alpha value is -0.330. The zero-order chi connectivity index (χ0) is 7.14. The first-order valence-corrected chi connectivity index (χ1v) is 4.29. The lowest BCUT2D eigenvalue weighted by atomic mass is 9.68. The molecule has 0 aromatic rings. The van der Waals surface area contributed by atoms with Gasteiger partial charge >= 0.3 is 0 Å². The van der Waals surface area contributed by atoms with Crippen LogP contribution < -0.4 is 0 Å². The Bertz CT molecular complexity index is 162. The van der Waals surface area contributed by atoms with E-state index in [0.29, 0.717) is 0 Å².